The minimum absolute atomic E-state index is 0.0755. The van der Waals surface area contributed by atoms with E-state index in [1.165, 1.54) is 0 Å². The maximum Gasteiger partial charge on any atom is 0.306 e. The van der Waals surface area contributed by atoms with E-state index in [-0.39, 0.29) is 5.92 Å². The number of ether oxygens (including phenoxy) is 1. The van der Waals surface area contributed by atoms with Gasteiger partial charge in [0.2, 0.25) is 0 Å². The standard InChI is InChI=1S/C10H18O6/c1-4(2)10-9(15)8(14)7(13)5(16-10)3-6(11)12/h4-5,7-10,13-15H,3H2,1-2H3,(H,11,12)/t5?,7-,8-,9?,10+/m1/s1. The van der Waals surface area contributed by atoms with Gasteiger partial charge < -0.3 is 25.2 Å². The second-order valence-electron chi connectivity index (χ2n) is 4.45. The lowest BCUT2D eigenvalue weighted by Crippen LogP contribution is -2.59. The molecule has 4 N–H and O–H groups in total. The zero-order valence-corrected chi connectivity index (χ0v) is 9.28. The summed E-state index contributed by atoms with van der Waals surface area (Å²) >= 11 is 0. The first-order chi connectivity index (χ1) is 7.34. The van der Waals surface area contributed by atoms with Crippen molar-refractivity contribution < 1.29 is 30.0 Å². The fourth-order valence-electron chi connectivity index (χ4n) is 1.87. The predicted molar refractivity (Wildman–Crippen MR) is 53.8 cm³/mol. The van der Waals surface area contributed by atoms with Gasteiger partial charge >= 0.3 is 5.97 Å². The van der Waals surface area contributed by atoms with Crippen molar-refractivity contribution in [3.8, 4) is 0 Å². The Hall–Kier alpha value is -0.690. The average Bonchev–Trinajstić information content (AvgIpc) is 2.18. The summed E-state index contributed by atoms with van der Waals surface area (Å²) in [5, 5.41) is 37.4. The van der Waals surface area contributed by atoms with Crippen LogP contribution in [0, 0.1) is 5.92 Å². The van der Waals surface area contributed by atoms with Crippen molar-refractivity contribution in [3.63, 3.8) is 0 Å². The minimum atomic E-state index is -1.37. The first-order valence-electron chi connectivity index (χ1n) is 5.26. The lowest BCUT2D eigenvalue weighted by atomic mass is 9.88. The van der Waals surface area contributed by atoms with Crippen molar-refractivity contribution in [1.29, 1.82) is 0 Å². The van der Waals surface area contributed by atoms with Crippen LogP contribution in [0.5, 0.6) is 0 Å². The van der Waals surface area contributed by atoms with E-state index in [1.807, 2.05) is 0 Å². The molecule has 0 aliphatic carbocycles. The predicted octanol–water partition coefficient (Wildman–Crippen LogP) is -1.03. The number of hydrogen-bond acceptors (Lipinski definition) is 5. The monoisotopic (exact) mass is 234 g/mol. The summed E-state index contributed by atoms with van der Waals surface area (Å²) in [5.74, 6) is -1.19. The maximum atomic E-state index is 10.5. The Morgan fingerprint density at radius 1 is 1.19 bits per heavy atom. The number of carboxylic acids is 1. The molecule has 0 spiro atoms. The third kappa shape index (κ3) is 2.70. The van der Waals surface area contributed by atoms with Gasteiger partial charge in [0.1, 0.15) is 18.3 Å². The number of carbonyl (C=O) groups is 1. The van der Waals surface area contributed by atoms with Gasteiger partial charge in [-0.2, -0.15) is 0 Å². The van der Waals surface area contributed by atoms with E-state index in [0.717, 1.165) is 0 Å². The molecule has 5 atom stereocenters. The third-order valence-corrected chi connectivity index (χ3v) is 2.78. The van der Waals surface area contributed by atoms with Crippen molar-refractivity contribution in [2.45, 2.75) is 50.8 Å². The SMILES string of the molecule is CC(C)[C@@H]1OC(CC(=O)O)[C@@H](O)[C@@H](O)C1O. The van der Waals surface area contributed by atoms with Gasteiger partial charge in [0.25, 0.3) is 0 Å². The van der Waals surface area contributed by atoms with Gasteiger partial charge in [0.15, 0.2) is 0 Å². The highest BCUT2D eigenvalue weighted by Crippen LogP contribution is 2.27. The highest BCUT2D eigenvalue weighted by molar-refractivity contribution is 5.67. The molecule has 0 saturated carbocycles. The van der Waals surface area contributed by atoms with E-state index < -0.39 is 42.9 Å². The zero-order valence-electron chi connectivity index (χ0n) is 9.28. The molecule has 0 amide bonds. The molecule has 1 rings (SSSR count). The van der Waals surface area contributed by atoms with Crippen molar-refractivity contribution >= 4 is 5.97 Å². The van der Waals surface area contributed by atoms with E-state index in [2.05, 4.69) is 0 Å². The maximum absolute atomic E-state index is 10.5. The smallest absolute Gasteiger partial charge is 0.306 e. The second-order valence-corrected chi connectivity index (χ2v) is 4.45. The first-order valence-corrected chi connectivity index (χ1v) is 5.26. The van der Waals surface area contributed by atoms with Crippen molar-refractivity contribution in [1.82, 2.24) is 0 Å². The Labute approximate surface area is 93.5 Å². The number of aliphatic hydroxyl groups excluding tert-OH is 3. The van der Waals surface area contributed by atoms with E-state index in [4.69, 9.17) is 9.84 Å². The molecule has 16 heavy (non-hydrogen) atoms. The van der Waals surface area contributed by atoms with Crippen LogP contribution in [0.1, 0.15) is 20.3 Å². The number of rotatable bonds is 3. The summed E-state index contributed by atoms with van der Waals surface area (Å²) in [4.78, 5) is 10.5. The van der Waals surface area contributed by atoms with Gasteiger partial charge in [0.05, 0.1) is 18.6 Å². The van der Waals surface area contributed by atoms with Crippen molar-refractivity contribution in [3.05, 3.63) is 0 Å². The van der Waals surface area contributed by atoms with Gasteiger partial charge in [-0.25, -0.2) is 0 Å². The molecular weight excluding hydrogens is 216 g/mol. The summed E-state index contributed by atoms with van der Waals surface area (Å²) in [7, 11) is 0. The number of hydrogen-bond donors (Lipinski definition) is 4. The van der Waals surface area contributed by atoms with Crippen LogP contribution in [0.25, 0.3) is 0 Å². The van der Waals surface area contributed by atoms with Crippen LogP contribution in [0.3, 0.4) is 0 Å². The van der Waals surface area contributed by atoms with Crippen LogP contribution < -0.4 is 0 Å². The Morgan fingerprint density at radius 3 is 2.19 bits per heavy atom. The molecule has 0 aromatic heterocycles. The Balaban J connectivity index is 2.76. The third-order valence-electron chi connectivity index (χ3n) is 2.78. The minimum Gasteiger partial charge on any atom is -0.481 e. The van der Waals surface area contributed by atoms with E-state index in [1.54, 1.807) is 13.8 Å². The molecule has 6 heteroatoms. The molecule has 1 saturated heterocycles. The lowest BCUT2D eigenvalue weighted by Gasteiger charge is -2.41. The number of aliphatic carboxylic acids is 1. The van der Waals surface area contributed by atoms with E-state index in [9.17, 15) is 20.1 Å². The van der Waals surface area contributed by atoms with Crippen molar-refractivity contribution in [2.75, 3.05) is 0 Å². The van der Waals surface area contributed by atoms with Crippen LogP contribution in [0.15, 0.2) is 0 Å². The molecule has 6 nitrogen and oxygen atoms in total. The lowest BCUT2D eigenvalue weighted by molar-refractivity contribution is -0.233. The fraction of sp³-hybridized carbons (Fsp3) is 0.900. The molecule has 0 bridgehead atoms. The summed E-state index contributed by atoms with van der Waals surface area (Å²) in [5.41, 5.74) is 0. The van der Waals surface area contributed by atoms with Crippen LogP contribution in [-0.2, 0) is 9.53 Å². The molecule has 1 heterocycles. The Morgan fingerprint density at radius 2 is 1.75 bits per heavy atom. The number of carboxylic acid groups (broad SMARTS) is 1. The topological polar surface area (TPSA) is 107 Å². The summed E-state index contributed by atoms with van der Waals surface area (Å²) in [6.45, 7) is 3.58. The quantitative estimate of drug-likeness (QED) is 0.497. The summed E-state index contributed by atoms with van der Waals surface area (Å²) in [6.07, 6.45) is -5.98. The zero-order chi connectivity index (χ0) is 12.5. The van der Waals surface area contributed by atoms with Crippen LogP contribution in [-0.4, -0.2) is 56.9 Å². The highest BCUT2D eigenvalue weighted by atomic mass is 16.5. The van der Waals surface area contributed by atoms with Gasteiger partial charge in [-0.3, -0.25) is 4.79 Å². The van der Waals surface area contributed by atoms with Gasteiger partial charge in [-0.15, -0.1) is 0 Å². The molecule has 0 aromatic rings. The molecule has 94 valence electrons. The largest absolute Gasteiger partial charge is 0.481 e. The molecule has 1 aliphatic rings. The Kier molecular flexibility index (Phi) is 4.26. The molecular formula is C10H18O6. The molecule has 1 aliphatic heterocycles. The molecule has 1 fully saturated rings. The summed E-state index contributed by atoms with van der Waals surface area (Å²) in [6, 6.07) is 0. The summed E-state index contributed by atoms with van der Waals surface area (Å²) < 4.78 is 5.31. The normalized spacial score (nSPS) is 40.0. The van der Waals surface area contributed by atoms with Crippen molar-refractivity contribution in [2.24, 2.45) is 5.92 Å². The van der Waals surface area contributed by atoms with E-state index in [0.29, 0.717) is 0 Å². The van der Waals surface area contributed by atoms with Crippen LogP contribution in [0.4, 0.5) is 0 Å². The van der Waals surface area contributed by atoms with Gasteiger partial charge in [-0.05, 0) is 5.92 Å². The molecule has 0 radical (unpaired) electrons. The fourth-order valence-corrected chi connectivity index (χ4v) is 1.87. The highest BCUT2D eigenvalue weighted by Gasteiger charge is 2.45. The molecule has 0 aromatic carbocycles. The van der Waals surface area contributed by atoms with Crippen LogP contribution in [0.2, 0.25) is 0 Å². The van der Waals surface area contributed by atoms with E-state index >= 15 is 0 Å². The number of aliphatic hydroxyl groups is 3. The van der Waals surface area contributed by atoms with Gasteiger partial charge in [-0.1, -0.05) is 13.8 Å². The second kappa shape index (κ2) is 5.09. The first kappa shape index (κ1) is 13.4. The molecule has 2 unspecified atom stereocenters. The Bertz CT molecular complexity index is 254. The van der Waals surface area contributed by atoms with Crippen LogP contribution >= 0.6 is 0 Å². The van der Waals surface area contributed by atoms with Gasteiger partial charge in [0, 0.05) is 0 Å². The average molecular weight is 234 g/mol.